The van der Waals surface area contributed by atoms with Crippen LogP contribution in [0.5, 0.6) is 5.75 Å². The molecule has 0 aromatic heterocycles. The molecule has 0 bridgehead atoms. The highest BCUT2D eigenvalue weighted by molar-refractivity contribution is 6.31. The molecular formula is C41H63ClO7. The second-order valence-corrected chi connectivity index (χ2v) is 14.6. The summed E-state index contributed by atoms with van der Waals surface area (Å²) in [4.78, 5) is 0. The summed E-state index contributed by atoms with van der Waals surface area (Å²) in [6.07, 6.45) is 7.90. The lowest BCUT2D eigenvalue weighted by atomic mass is 9.73. The lowest BCUT2D eigenvalue weighted by Gasteiger charge is -2.54. The summed E-state index contributed by atoms with van der Waals surface area (Å²) in [5, 5.41) is 12.4. The van der Waals surface area contributed by atoms with Crippen molar-refractivity contribution in [2.75, 3.05) is 39.6 Å². The van der Waals surface area contributed by atoms with Crippen LogP contribution in [0.2, 0.25) is 5.02 Å². The number of unbranched alkanes of at least 4 members (excludes halogenated alkanes) is 4. The molecule has 0 radical (unpaired) electrons. The van der Waals surface area contributed by atoms with Crippen molar-refractivity contribution in [1.82, 2.24) is 0 Å². The number of rotatable bonds is 23. The molecule has 2 aliphatic heterocycles. The highest BCUT2D eigenvalue weighted by Gasteiger charge is 2.62. The molecule has 0 saturated carbocycles. The van der Waals surface area contributed by atoms with E-state index in [9.17, 15) is 5.11 Å². The molecule has 4 rings (SSSR count). The highest BCUT2D eigenvalue weighted by atomic mass is 35.5. The zero-order valence-electron chi connectivity index (χ0n) is 31.1. The first-order valence-corrected chi connectivity index (χ1v) is 19.5. The Balaban J connectivity index is 1.88. The van der Waals surface area contributed by atoms with Gasteiger partial charge in [0.2, 0.25) is 0 Å². The summed E-state index contributed by atoms with van der Waals surface area (Å²) in [6, 6.07) is 12.3. The Hall–Kier alpha value is -1.71. The van der Waals surface area contributed by atoms with Crippen molar-refractivity contribution < 1.29 is 33.5 Å². The molecule has 1 unspecified atom stereocenters. The number of ether oxygens (including phenoxy) is 6. The van der Waals surface area contributed by atoms with Gasteiger partial charge in [0.15, 0.2) is 0 Å². The molecule has 2 heterocycles. The van der Waals surface area contributed by atoms with E-state index in [0.717, 1.165) is 68.9 Å². The second-order valence-electron chi connectivity index (χ2n) is 14.2. The monoisotopic (exact) mass is 702 g/mol. The van der Waals surface area contributed by atoms with Gasteiger partial charge in [0.25, 0.3) is 0 Å². The standard InChI is InChI=1S/C41H63ClO7/c1-7-12-20-44-27-36-37(45-21-13-8-2)38(46-22-14-9-3)39(47-23-15-10-4)41(49-36,28-40(6)29-48-40)33-25-32(34(42)26-35(33)43)24-31-18-16-30(11-5)17-19-31/h16-19,25-26,36-39,43H,7-15,20-24,27-29H2,1-6H3/t36-,37-,38+,39-,40?,41+/m1/s1. The summed E-state index contributed by atoms with van der Waals surface area (Å²) >= 11 is 6.89. The molecule has 2 fully saturated rings. The molecule has 8 heteroatoms. The summed E-state index contributed by atoms with van der Waals surface area (Å²) < 4.78 is 40.2. The highest BCUT2D eigenvalue weighted by Crippen LogP contribution is 2.53. The van der Waals surface area contributed by atoms with Gasteiger partial charge in [0, 0.05) is 43.4 Å². The molecule has 1 N–H and O–H groups in total. The Morgan fingerprint density at radius 1 is 0.796 bits per heavy atom. The van der Waals surface area contributed by atoms with Crippen molar-refractivity contribution in [2.45, 2.75) is 148 Å². The maximum absolute atomic E-state index is 11.9. The van der Waals surface area contributed by atoms with Crippen molar-refractivity contribution in [1.29, 1.82) is 0 Å². The van der Waals surface area contributed by atoms with Gasteiger partial charge in [-0.15, -0.1) is 0 Å². The number of hydrogen-bond acceptors (Lipinski definition) is 7. The van der Waals surface area contributed by atoms with Crippen molar-refractivity contribution in [3.63, 3.8) is 0 Å². The molecule has 6 atom stereocenters. The zero-order valence-corrected chi connectivity index (χ0v) is 31.8. The fourth-order valence-corrected chi connectivity index (χ4v) is 6.98. The van der Waals surface area contributed by atoms with Crippen molar-refractivity contribution >= 4 is 11.6 Å². The maximum Gasteiger partial charge on any atom is 0.129 e. The number of benzene rings is 2. The van der Waals surface area contributed by atoms with E-state index >= 15 is 0 Å². The quantitative estimate of drug-likeness (QED) is 0.0913. The minimum absolute atomic E-state index is 0.0757. The van der Waals surface area contributed by atoms with Crippen LogP contribution in [-0.4, -0.2) is 74.8 Å². The van der Waals surface area contributed by atoms with Gasteiger partial charge in [-0.2, -0.15) is 0 Å². The Morgan fingerprint density at radius 3 is 1.96 bits per heavy atom. The lowest BCUT2D eigenvalue weighted by Crippen LogP contribution is -2.66. The van der Waals surface area contributed by atoms with Crippen LogP contribution in [0.15, 0.2) is 36.4 Å². The van der Waals surface area contributed by atoms with E-state index in [1.54, 1.807) is 6.07 Å². The van der Waals surface area contributed by atoms with E-state index in [1.165, 1.54) is 5.56 Å². The van der Waals surface area contributed by atoms with Crippen molar-refractivity contribution in [2.24, 2.45) is 0 Å². The van der Waals surface area contributed by atoms with Crippen LogP contribution in [0.3, 0.4) is 0 Å². The Morgan fingerprint density at radius 2 is 1.37 bits per heavy atom. The van der Waals surface area contributed by atoms with Crippen LogP contribution < -0.4 is 0 Å². The zero-order chi connectivity index (χ0) is 35.3. The normalized spacial score (nSPS) is 26.7. The van der Waals surface area contributed by atoms with Crippen LogP contribution in [0.4, 0.5) is 0 Å². The molecule has 0 spiro atoms. The van der Waals surface area contributed by atoms with E-state index in [-0.39, 0.29) is 5.75 Å². The smallest absolute Gasteiger partial charge is 0.129 e. The Kier molecular flexibility index (Phi) is 16.2. The first kappa shape index (κ1) is 40.1. The van der Waals surface area contributed by atoms with Gasteiger partial charge in [0.1, 0.15) is 35.8 Å². The second kappa shape index (κ2) is 19.8. The molecule has 0 amide bonds. The molecular weight excluding hydrogens is 640 g/mol. The molecule has 2 aromatic carbocycles. The minimum atomic E-state index is -1.13. The fraction of sp³-hybridized carbons (Fsp3) is 0.707. The van der Waals surface area contributed by atoms with Crippen molar-refractivity contribution in [3.8, 4) is 5.75 Å². The number of aryl methyl sites for hydroxylation is 1. The van der Waals surface area contributed by atoms with Gasteiger partial charge < -0.3 is 33.5 Å². The van der Waals surface area contributed by atoms with E-state index in [0.29, 0.717) is 63.1 Å². The average Bonchev–Trinajstić information content (AvgIpc) is 3.82. The van der Waals surface area contributed by atoms with E-state index in [4.69, 9.17) is 40.0 Å². The van der Waals surface area contributed by atoms with Gasteiger partial charge in [-0.1, -0.05) is 96.2 Å². The molecule has 2 saturated heterocycles. The number of halogens is 1. The lowest BCUT2D eigenvalue weighted by molar-refractivity contribution is -0.312. The van der Waals surface area contributed by atoms with Crippen LogP contribution >= 0.6 is 11.6 Å². The van der Waals surface area contributed by atoms with E-state index in [1.807, 2.05) is 6.07 Å². The predicted octanol–water partition coefficient (Wildman–Crippen LogP) is 9.34. The summed E-state index contributed by atoms with van der Waals surface area (Å²) in [7, 11) is 0. The van der Waals surface area contributed by atoms with Crippen LogP contribution in [0.1, 0.15) is 122 Å². The number of hydrogen-bond donors (Lipinski definition) is 1. The van der Waals surface area contributed by atoms with Crippen LogP contribution in [0, 0.1) is 0 Å². The van der Waals surface area contributed by atoms with Crippen LogP contribution in [0.25, 0.3) is 0 Å². The van der Waals surface area contributed by atoms with E-state index in [2.05, 4.69) is 65.8 Å². The largest absolute Gasteiger partial charge is 0.508 e. The number of aromatic hydroxyl groups is 1. The van der Waals surface area contributed by atoms with E-state index < -0.39 is 35.6 Å². The summed E-state index contributed by atoms with van der Waals surface area (Å²) in [5.74, 6) is 0.0757. The molecule has 2 aliphatic rings. The third-order valence-electron chi connectivity index (χ3n) is 9.87. The van der Waals surface area contributed by atoms with Gasteiger partial charge in [0.05, 0.1) is 18.8 Å². The van der Waals surface area contributed by atoms with Gasteiger partial charge in [-0.05, 0) is 74.3 Å². The molecule has 0 aliphatic carbocycles. The SMILES string of the molecule is CCCCOC[C@H]1O[C@@](CC2(C)CO2)(c2cc(Cc3ccc(CC)cc3)c(Cl)cc2O)[C@H](OCCCC)[C@@H](OCCCC)[C@@H]1OCCCC. The number of phenolic OH excluding ortho intramolecular Hbond substituents is 1. The summed E-state index contributed by atoms with van der Waals surface area (Å²) in [6.45, 7) is 16.2. The minimum Gasteiger partial charge on any atom is -0.508 e. The molecule has 7 nitrogen and oxygen atoms in total. The van der Waals surface area contributed by atoms with Crippen LogP contribution in [-0.2, 0) is 46.9 Å². The average molecular weight is 703 g/mol. The number of epoxide rings is 1. The third-order valence-corrected chi connectivity index (χ3v) is 10.2. The first-order chi connectivity index (χ1) is 23.7. The summed E-state index contributed by atoms with van der Waals surface area (Å²) in [5.41, 5.74) is 2.41. The first-order valence-electron chi connectivity index (χ1n) is 19.1. The Bertz CT molecular complexity index is 1250. The topological polar surface area (TPSA) is 78.9 Å². The molecule has 276 valence electrons. The van der Waals surface area contributed by atoms with Gasteiger partial charge in [-0.3, -0.25) is 0 Å². The maximum atomic E-state index is 11.9. The molecule has 49 heavy (non-hydrogen) atoms. The Labute approximate surface area is 301 Å². The molecule has 2 aromatic rings. The van der Waals surface area contributed by atoms with Gasteiger partial charge >= 0.3 is 0 Å². The van der Waals surface area contributed by atoms with Gasteiger partial charge in [-0.25, -0.2) is 0 Å². The third kappa shape index (κ3) is 10.9. The predicted molar refractivity (Wildman–Crippen MR) is 197 cm³/mol. The fourth-order valence-electron chi connectivity index (χ4n) is 6.75. The number of phenols is 1. The van der Waals surface area contributed by atoms with Crippen molar-refractivity contribution in [3.05, 3.63) is 63.7 Å².